The van der Waals surface area contributed by atoms with E-state index in [1.54, 1.807) is 0 Å². The van der Waals surface area contributed by atoms with Gasteiger partial charge in [-0.25, -0.2) is 9.37 Å². The lowest BCUT2D eigenvalue weighted by molar-refractivity contribution is 0.0927. The highest BCUT2D eigenvalue weighted by Gasteiger charge is 2.17. The van der Waals surface area contributed by atoms with Crippen LogP contribution in [0.1, 0.15) is 42.5 Å². The minimum absolute atomic E-state index is 0.204. The number of hydrogen-bond donors (Lipinski definition) is 1. The molecule has 0 radical (unpaired) electrons. The monoisotopic (exact) mass is 256 g/mol. The van der Waals surface area contributed by atoms with Gasteiger partial charge in [-0.1, -0.05) is 30.9 Å². The predicted molar refractivity (Wildman–Crippen MR) is 63.5 cm³/mol. The highest BCUT2D eigenvalue weighted by molar-refractivity contribution is 6.29. The zero-order chi connectivity index (χ0) is 12.3. The summed E-state index contributed by atoms with van der Waals surface area (Å²) in [5.74, 6) is -0.942. The maximum atomic E-state index is 13.1. The summed E-state index contributed by atoms with van der Waals surface area (Å²) in [6, 6.07) is 1.32. The average molecular weight is 257 g/mol. The molecule has 0 spiro atoms. The summed E-state index contributed by atoms with van der Waals surface area (Å²) < 4.78 is 13.1. The van der Waals surface area contributed by atoms with Crippen LogP contribution in [0, 0.1) is 5.82 Å². The Morgan fingerprint density at radius 3 is 2.76 bits per heavy atom. The third-order valence-corrected chi connectivity index (χ3v) is 3.28. The Bertz CT molecular complexity index is 419. The summed E-state index contributed by atoms with van der Waals surface area (Å²) >= 11 is 5.46. The van der Waals surface area contributed by atoms with E-state index in [9.17, 15) is 9.18 Å². The maximum Gasteiger partial charge on any atom is 0.253 e. The van der Waals surface area contributed by atoms with E-state index < -0.39 is 5.82 Å². The normalized spacial score (nSPS) is 16.8. The van der Waals surface area contributed by atoms with Crippen molar-refractivity contribution >= 4 is 17.5 Å². The van der Waals surface area contributed by atoms with E-state index in [0.717, 1.165) is 31.7 Å². The van der Waals surface area contributed by atoms with E-state index in [1.165, 1.54) is 12.6 Å². The molecule has 1 heterocycles. The highest BCUT2D eigenvalue weighted by Crippen LogP contribution is 2.18. The van der Waals surface area contributed by atoms with E-state index in [0.29, 0.717) is 0 Å². The van der Waals surface area contributed by atoms with Gasteiger partial charge in [-0.3, -0.25) is 4.79 Å². The van der Waals surface area contributed by atoms with Crippen molar-refractivity contribution in [3.63, 3.8) is 0 Å². The van der Waals surface area contributed by atoms with Crippen molar-refractivity contribution in [1.29, 1.82) is 0 Å². The number of carbonyl (C=O) groups is 1. The van der Waals surface area contributed by atoms with Crippen LogP contribution in [0.2, 0.25) is 5.15 Å². The summed E-state index contributed by atoms with van der Waals surface area (Å²) in [4.78, 5) is 15.4. The van der Waals surface area contributed by atoms with Crippen molar-refractivity contribution < 1.29 is 9.18 Å². The quantitative estimate of drug-likeness (QED) is 0.827. The molecule has 0 unspecified atom stereocenters. The molecular formula is C12H14ClFN2O. The van der Waals surface area contributed by atoms with Crippen LogP contribution in [-0.4, -0.2) is 16.9 Å². The van der Waals surface area contributed by atoms with Crippen LogP contribution in [0.5, 0.6) is 0 Å². The summed E-state index contributed by atoms with van der Waals surface area (Å²) in [5.41, 5.74) is 0.220. The third kappa shape index (κ3) is 3.16. The molecule has 1 amide bonds. The molecule has 0 bridgehead atoms. The second-order valence-corrected chi connectivity index (χ2v) is 4.66. The van der Waals surface area contributed by atoms with E-state index in [-0.39, 0.29) is 22.7 Å². The van der Waals surface area contributed by atoms with Gasteiger partial charge in [0, 0.05) is 12.2 Å². The first-order chi connectivity index (χ1) is 8.16. The van der Waals surface area contributed by atoms with Gasteiger partial charge in [-0.2, -0.15) is 0 Å². The molecular weight excluding hydrogens is 243 g/mol. The first-order valence-electron chi connectivity index (χ1n) is 5.79. The highest BCUT2D eigenvalue weighted by atomic mass is 35.5. The predicted octanol–water partition coefficient (Wildman–Crippen LogP) is 2.94. The zero-order valence-corrected chi connectivity index (χ0v) is 10.1. The molecule has 92 valence electrons. The van der Waals surface area contributed by atoms with Crippen molar-refractivity contribution in [3.05, 3.63) is 28.8 Å². The van der Waals surface area contributed by atoms with Crippen LogP contribution in [0.25, 0.3) is 0 Å². The van der Waals surface area contributed by atoms with E-state index in [2.05, 4.69) is 10.3 Å². The number of nitrogens with zero attached hydrogens (tertiary/aromatic N) is 1. The van der Waals surface area contributed by atoms with Gasteiger partial charge >= 0.3 is 0 Å². The van der Waals surface area contributed by atoms with E-state index in [1.807, 2.05) is 0 Å². The van der Waals surface area contributed by atoms with Crippen molar-refractivity contribution in [2.24, 2.45) is 0 Å². The number of aromatic nitrogens is 1. The average Bonchev–Trinajstić information content (AvgIpc) is 2.34. The molecule has 2 rings (SSSR count). The number of nitrogens with one attached hydrogen (secondary N) is 1. The van der Waals surface area contributed by atoms with Gasteiger partial charge in [0.05, 0.1) is 5.56 Å². The lowest BCUT2D eigenvalue weighted by Crippen LogP contribution is -2.36. The molecule has 1 aliphatic rings. The van der Waals surface area contributed by atoms with Gasteiger partial charge in [0.25, 0.3) is 5.91 Å². The van der Waals surface area contributed by atoms with Gasteiger partial charge < -0.3 is 5.32 Å². The standard InChI is InChI=1S/C12H14ClFN2O/c13-11-10(14)6-8(7-15-11)12(17)16-9-4-2-1-3-5-9/h6-7,9H,1-5H2,(H,16,17). The molecule has 0 aliphatic heterocycles. The van der Waals surface area contributed by atoms with E-state index in [4.69, 9.17) is 11.6 Å². The Morgan fingerprint density at radius 2 is 2.12 bits per heavy atom. The van der Waals surface area contributed by atoms with Crippen LogP contribution in [-0.2, 0) is 0 Å². The Morgan fingerprint density at radius 1 is 1.41 bits per heavy atom. The van der Waals surface area contributed by atoms with Gasteiger partial charge in [0.1, 0.15) is 0 Å². The minimum Gasteiger partial charge on any atom is -0.349 e. The fraction of sp³-hybridized carbons (Fsp3) is 0.500. The summed E-state index contributed by atoms with van der Waals surface area (Å²) in [6.45, 7) is 0. The van der Waals surface area contributed by atoms with Crippen LogP contribution < -0.4 is 5.32 Å². The third-order valence-electron chi connectivity index (χ3n) is 3.00. The molecule has 0 atom stereocenters. The molecule has 5 heteroatoms. The van der Waals surface area contributed by atoms with Crippen molar-refractivity contribution in [1.82, 2.24) is 10.3 Å². The number of pyridine rings is 1. The molecule has 1 saturated carbocycles. The van der Waals surface area contributed by atoms with Gasteiger partial charge in [0.2, 0.25) is 0 Å². The maximum absolute atomic E-state index is 13.1. The second kappa shape index (κ2) is 5.45. The van der Waals surface area contributed by atoms with Crippen LogP contribution in [0.15, 0.2) is 12.3 Å². The molecule has 1 aliphatic carbocycles. The number of halogens is 2. The van der Waals surface area contributed by atoms with Crippen LogP contribution in [0.4, 0.5) is 4.39 Å². The lowest BCUT2D eigenvalue weighted by Gasteiger charge is -2.22. The number of carbonyl (C=O) groups excluding carboxylic acids is 1. The molecule has 17 heavy (non-hydrogen) atoms. The number of rotatable bonds is 2. The lowest BCUT2D eigenvalue weighted by atomic mass is 9.95. The molecule has 1 aromatic rings. The molecule has 1 N–H and O–H groups in total. The summed E-state index contributed by atoms with van der Waals surface area (Å²) in [7, 11) is 0. The SMILES string of the molecule is O=C(NC1CCCCC1)c1cnc(Cl)c(F)c1. The Hall–Kier alpha value is -1.16. The van der Waals surface area contributed by atoms with Crippen molar-refractivity contribution in [3.8, 4) is 0 Å². The van der Waals surface area contributed by atoms with Gasteiger partial charge in [-0.15, -0.1) is 0 Å². The summed E-state index contributed by atoms with van der Waals surface area (Å²) in [6.07, 6.45) is 6.79. The van der Waals surface area contributed by atoms with Crippen molar-refractivity contribution in [2.75, 3.05) is 0 Å². The van der Waals surface area contributed by atoms with Crippen LogP contribution in [0.3, 0.4) is 0 Å². The van der Waals surface area contributed by atoms with Crippen molar-refractivity contribution in [2.45, 2.75) is 38.1 Å². The molecule has 3 nitrogen and oxygen atoms in total. The molecule has 1 aromatic heterocycles. The Labute approximate surface area is 104 Å². The number of amides is 1. The topological polar surface area (TPSA) is 42.0 Å². The summed E-state index contributed by atoms with van der Waals surface area (Å²) in [5, 5.41) is 2.68. The van der Waals surface area contributed by atoms with Gasteiger partial charge in [-0.05, 0) is 18.9 Å². The first-order valence-corrected chi connectivity index (χ1v) is 6.16. The zero-order valence-electron chi connectivity index (χ0n) is 9.38. The Kier molecular flexibility index (Phi) is 3.94. The fourth-order valence-electron chi connectivity index (χ4n) is 2.06. The second-order valence-electron chi connectivity index (χ2n) is 4.31. The first kappa shape index (κ1) is 12.3. The van der Waals surface area contributed by atoms with Crippen LogP contribution >= 0.6 is 11.6 Å². The largest absolute Gasteiger partial charge is 0.349 e. The minimum atomic E-state index is -0.664. The fourth-order valence-corrected chi connectivity index (χ4v) is 2.16. The molecule has 0 aromatic carbocycles. The smallest absolute Gasteiger partial charge is 0.253 e. The molecule has 0 saturated heterocycles. The molecule has 1 fully saturated rings. The Balaban J connectivity index is 2.01. The van der Waals surface area contributed by atoms with Gasteiger partial charge in [0.15, 0.2) is 11.0 Å². The number of hydrogen-bond acceptors (Lipinski definition) is 2. The van der Waals surface area contributed by atoms with E-state index >= 15 is 0 Å².